The Morgan fingerprint density at radius 3 is 2.52 bits per heavy atom. The number of benzene rings is 2. The zero-order chi connectivity index (χ0) is 15.0. The van der Waals surface area contributed by atoms with Gasteiger partial charge in [0.25, 0.3) is 0 Å². The maximum atomic E-state index is 13.1. The number of hydrogen-bond acceptors (Lipinski definition) is 1. The molecule has 3 rings (SSSR count). The van der Waals surface area contributed by atoms with Crippen LogP contribution in [0.25, 0.3) is 0 Å². The van der Waals surface area contributed by atoms with Crippen molar-refractivity contribution >= 4 is 34.8 Å². The first kappa shape index (κ1) is 14.4. The van der Waals surface area contributed by atoms with Gasteiger partial charge in [0, 0.05) is 10.7 Å². The summed E-state index contributed by atoms with van der Waals surface area (Å²) >= 11 is 11.7. The van der Waals surface area contributed by atoms with E-state index >= 15 is 0 Å². The monoisotopic (exact) mass is 323 g/mol. The Bertz CT molecular complexity index is 713. The van der Waals surface area contributed by atoms with Gasteiger partial charge in [-0.2, -0.15) is 0 Å². The zero-order valence-electron chi connectivity index (χ0n) is 11.0. The van der Waals surface area contributed by atoms with Crippen molar-refractivity contribution in [1.29, 1.82) is 0 Å². The van der Waals surface area contributed by atoms with Crippen molar-refractivity contribution < 1.29 is 9.18 Å². The molecule has 1 N–H and O–H groups in total. The number of amides is 1. The summed E-state index contributed by atoms with van der Waals surface area (Å²) in [5.41, 5.74) is 0.853. The molecular formula is C16H12Cl2FNO. The fraction of sp³-hybridized carbons (Fsp3) is 0.188. The summed E-state index contributed by atoms with van der Waals surface area (Å²) in [6, 6.07) is 11.5. The lowest BCUT2D eigenvalue weighted by Gasteiger charge is -2.16. The van der Waals surface area contributed by atoms with E-state index < -0.39 is 11.2 Å². The van der Waals surface area contributed by atoms with Crippen LogP contribution in [0.4, 0.5) is 10.1 Å². The van der Waals surface area contributed by atoms with Crippen LogP contribution in [0, 0.1) is 5.82 Å². The molecule has 2 nitrogen and oxygen atoms in total. The first-order chi connectivity index (χ1) is 10.0. The van der Waals surface area contributed by atoms with E-state index in [0.717, 1.165) is 18.4 Å². The maximum Gasteiger partial charge on any atom is 0.235 e. The van der Waals surface area contributed by atoms with Crippen molar-refractivity contribution in [1.82, 2.24) is 0 Å². The average Bonchev–Trinajstić information content (AvgIpc) is 3.24. The molecule has 1 fully saturated rings. The summed E-state index contributed by atoms with van der Waals surface area (Å²) in [7, 11) is 0. The van der Waals surface area contributed by atoms with E-state index in [4.69, 9.17) is 23.2 Å². The first-order valence-corrected chi connectivity index (χ1v) is 7.29. The van der Waals surface area contributed by atoms with Gasteiger partial charge in [0.1, 0.15) is 5.82 Å². The SMILES string of the molecule is O=C(Nc1ccc(F)c(Cl)c1)C1(c2cccc(Cl)c2)CC1. The lowest BCUT2D eigenvalue weighted by Crippen LogP contribution is -2.27. The highest BCUT2D eigenvalue weighted by Crippen LogP contribution is 2.49. The number of hydrogen-bond donors (Lipinski definition) is 1. The van der Waals surface area contributed by atoms with E-state index in [1.165, 1.54) is 18.2 Å². The van der Waals surface area contributed by atoms with Gasteiger partial charge in [-0.25, -0.2) is 4.39 Å². The van der Waals surface area contributed by atoms with Crippen LogP contribution >= 0.6 is 23.2 Å². The smallest absolute Gasteiger partial charge is 0.235 e. The number of halogens is 3. The third-order valence-electron chi connectivity index (χ3n) is 3.74. The molecular weight excluding hydrogens is 312 g/mol. The van der Waals surface area contributed by atoms with Crippen molar-refractivity contribution in [2.45, 2.75) is 18.3 Å². The molecule has 0 aliphatic heterocycles. The summed E-state index contributed by atoms with van der Waals surface area (Å²) in [5, 5.41) is 3.39. The fourth-order valence-corrected chi connectivity index (χ4v) is 2.75. The quantitative estimate of drug-likeness (QED) is 0.863. The molecule has 2 aromatic carbocycles. The summed E-state index contributed by atoms with van der Waals surface area (Å²) in [5.74, 6) is -0.627. The van der Waals surface area contributed by atoms with Gasteiger partial charge in [0.2, 0.25) is 5.91 Å². The van der Waals surface area contributed by atoms with Crippen LogP contribution < -0.4 is 5.32 Å². The standard InChI is InChI=1S/C16H12Cl2FNO/c17-11-3-1-2-10(8-11)16(6-7-16)15(21)20-12-4-5-14(19)13(18)9-12/h1-5,8-9H,6-7H2,(H,20,21). The van der Waals surface area contributed by atoms with Crippen molar-refractivity contribution in [2.24, 2.45) is 0 Å². The Kier molecular flexibility index (Phi) is 3.64. The number of rotatable bonds is 3. The van der Waals surface area contributed by atoms with E-state index in [9.17, 15) is 9.18 Å². The Labute approximate surface area is 131 Å². The Morgan fingerprint density at radius 2 is 1.90 bits per heavy atom. The molecule has 1 aliphatic carbocycles. The topological polar surface area (TPSA) is 29.1 Å². The molecule has 0 spiro atoms. The van der Waals surface area contributed by atoms with E-state index in [1.54, 1.807) is 6.07 Å². The van der Waals surface area contributed by atoms with E-state index in [1.807, 2.05) is 18.2 Å². The minimum absolute atomic E-state index is 0.0135. The summed E-state index contributed by atoms with van der Waals surface area (Å²) in [6.07, 6.45) is 1.54. The summed E-state index contributed by atoms with van der Waals surface area (Å²) < 4.78 is 13.1. The predicted octanol–water partition coefficient (Wildman–Crippen LogP) is 4.80. The average molecular weight is 324 g/mol. The predicted molar refractivity (Wildman–Crippen MR) is 82.4 cm³/mol. The highest BCUT2D eigenvalue weighted by molar-refractivity contribution is 6.31. The Morgan fingerprint density at radius 1 is 1.14 bits per heavy atom. The summed E-state index contributed by atoms with van der Waals surface area (Å²) in [4.78, 5) is 12.5. The maximum absolute atomic E-state index is 13.1. The van der Waals surface area contributed by atoms with Gasteiger partial charge in [-0.05, 0) is 48.7 Å². The molecule has 0 atom stereocenters. The number of carbonyl (C=O) groups is 1. The molecule has 0 unspecified atom stereocenters. The van der Waals surface area contributed by atoms with Crippen molar-refractivity contribution in [3.8, 4) is 0 Å². The van der Waals surface area contributed by atoms with Crippen LogP contribution in [0.1, 0.15) is 18.4 Å². The molecule has 2 aromatic rings. The minimum atomic E-state index is -0.536. The van der Waals surface area contributed by atoms with Gasteiger partial charge < -0.3 is 5.32 Å². The molecule has 1 saturated carbocycles. The lowest BCUT2D eigenvalue weighted by molar-refractivity contribution is -0.118. The second-order valence-corrected chi connectivity index (χ2v) is 6.02. The number of anilines is 1. The minimum Gasteiger partial charge on any atom is -0.325 e. The van der Waals surface area contributed by atoms with Crippen LogP contribution in [0.3, 0.4) is 0 Å². The molecule has 0 radical (unpaired) electrons. The Hall–Kier alpha value is -1.58. The first-order valence-electron chi connectivity index (χ1n) is 6.54. The van der Waals surface area contributed by atoms with Gasteiger partial charge in [0.05, 0.1) is 10.4 Å². The van der Waals surface area contributed by atoms with Gasteiger partial charge in [-0.3, -0.25) is 4.79 Å². The van der Waals surface area contributed by atoms with E-state index in [0.29, 0.717) is 10.7 Å². The molecule has 0 aromatic heterocycles. The zero-order valence-corrected chi connectivity index (χ0v) is 12.5. The molecule has 1 aliphatic rings. The second kappa shape index (κ2) is 5.32. The number of carbonyl (C=O) groups excluding carboxylic acids is 1. The van der Waals surface area contributed by atoms with Crippen molar-refractivity contribution in [3.05, 3.63) is 63.9 Å². The van der Waals surface area contributed by atoms with Gasteiger partial charge in [-0.15, -0.1) is 0 Å². The van der Waals surface area contributed by atoms with Crippen LogP contribution in [-0.4, -0.2) is 5.91 Å². The third-order valence-corrected chi connectivity index (χ3v) is 4.26. The second-order valence-electron chi connectivity index (χ2n) is 5.18. The molecule has 0 bridgehead atoms. The molecule has 108 valence electrons. The van der Waals surface area contributed by atoms with Crippen LogP contribution in [0.15, 0.2) is 42.5 Å². The van der Waals surface area contributed by atoms with Crippen molar-refractivity contribution in [3.63, 3.8) is 0 Å². The fourth-order valence-electron chi connectivity index (χ4n) is 2.38. The summed E-state index contributed by atoms with van der Waals surface area (Å²) in [6.45, 7) is 0. The van der Waals surface area contributed by atoms with Gasteiger partial charge >= 0.3 is 0 Å². The Balaban J connectivity index is 1.83. The molecule has 1 amide bonds. The normalized spacial score (nSPS) is 15.6. The van der Waals surface area contributed by atoms with Crippen LogP contribution in [0.5, 0.6) is 0 Å². The molecule has 5 heteroatoms. The largest absolute Gasteiger partial charge is 0.325 e. The molecule has 0 saturated heterocycles. The van der Waals surface area contributed by atoms with Crippen LogP contribution in [-0.2, 0) is 10.2 Å². The van der Waals surface area contributed by atoms with Gasteiger partial charge in [-0.1, -0.05) is 35.3 Å². The van der Waals surface area contributed by atoms with Gasteiger partial charge in [0.15, 0.2) is 0 Å². The third kappa shape index (κ3) is 2.76. The van der Waals surface area contributed by atoms with Crippen molar-refractivity contribution in [2.75, 3.05) is 5.32 Å². The number of nitrogens with one attached hydrogen (secondary N) is 1. The highest BCUT2D eigenvalue weighted by Gasteiger charge is 2.51. The van der Waals surface area contributed by atoms with E-state index in [2.05, 4.69) is 5.32 Å². The molecule has 21 heavy (non-hydrogen) atoms. The van der Waals surface area contributed by atoms with E-state index in [-0.39, 0.29) is 10.9 Å². The molecule has 0 heterocycles. The highest BCUT2D eigenvalue weighted by atomic mass is 35.5. The van der Waals surface area contributed by atoms with Crippen LogP contribution in [0.2, 0.25) is 10.0 Å². The lowest BCUT2D eigenvalue weighted by atomic mass is 9.95.